The largest absolute Gasteiger partial charge is 0.367 e. The van der Waals surface area contributed by atoms with Crippen LogP contribution in [0.2, 0.25) is 0 Å². The monoisotopic (exact) mass is 198 g/mol. The van der Waals surface area contributed by atoms with Crippen molar-refractivity contribution in [1.82, 2.24) is 0 Å². The van der Waals surface area contributed by atoms with Gasteiger partial charge in [0.2, 0.25) is 0 Å². The lowest BCUT2D eigenvalue weighted by atomic mass is 9.91. The summed E-state index contributed by atoms with van der Waals surface area (Å²) in [5.74, 6) is -2.60. The maximum Gasteiger partial charge on any atom is 0.273 e. The number of halogens is 2. The number of rotatable bonds is 3. The highest BCUT2D eigenvalue weighted by atomic mass is 19.3. The van der Waals surface area contributed by atoms with E-state index >= 15 is 0 Å². The molecule has 1 unspecified atom stereocenters. The normalized spacial score (nSPS) is 24.3. The molecule has 76 valence electrons. The van der Waals surface area contributed by atoms with Gasteiger partial charge in [-0.1, -0.05) is 30.3 Å². The zero-order valence-corrected chi connectivity index (χ0v) is 7.75. The van der Waals surface area contributed by atoms with Crippen LogP contribution < -0.4 is 0 Å². The van der Waals surface area contributed by atoms with Crippen LogP contribution in [0.25, 0.3) is 0 Å². The van der Waals surface area contributed by atoms with Crippen LogP contribution in [0.5, 0.6) is 0 Å². The first-order valence-electron chi connectivity index (χ1n) is 4.72. The standard InChI is InChI=1S/C11H12F2O/c12-11(13)7-6-10(11)14-8-9-4-2-1-3-5-9/h1-5,10H,6-8H2. The summed E-state index contributed by atoms with van der Waals surface area (Å²) in [6.07, 6.45) is -0.436. The molecule has 0 heterocycles. The average molecular weight is 198 g/mol. The fourth-order valence-corrected chi connectivity index (χ4v) is 1.46. The number of hydrogen-bond donors (Lipinski definition) is 0. The van der Waals surface area contributed by atoms with Gasteiger partial charge in [-0.15, -0.1) is 0 Å². The Morgan fingerprint density at radius 1 is 1.29 bits per heavy atom. The Balaban J connectivity index is 1.84. The second-order valence-corrected chi connectivity index (χ2v) is 3.58. The molecule has 0 spiro atoms. The Kier molecular flexibility index (Phi) is 2.50. The van der Waals surface area contributed by atoms with Crippen molar-refractivity contribution in [3.63, 3.8) is 0 Å². The van der Waals surface area contributed by atoms with Gasteiger partial charge in [-0.05, 0) is 12.0 Å². The van der Waals surface area contributed by atoms with Gasteiger partial charge in [-0.2, -0.15) is 0 Å². The fraction of sp³-hybridized carbons (Fsp3) is 0.455. The Hall–Kier alpha value is -0.960. The maximum atomic E-state index is 12.8. The molecule has 1 aliphatic rings. The summed E-state index contributed by atoms with van der Waals surface area (Å²) < 4.78 is 30.7. The smallest absolute Gasteiger partial charge is 0.273 e. The van der Waals surface area contributed by atoms with Crippen molar-refractivity contribution in [3.05, 3.63) is 35.9 Å². The molecule has 1 nitrogen and oxygen atoms in total. The Labute approximate surface area is 81.7 Å². The van der Waals surface area contributed by atoms with Crippen LogP contribution in [0.4, 0.5) is 8.78 Å². The van der Waals surface area contributed by atoms with Crippen LogP contribution in [-0.4, -0.2) is 12.0 Å². The second-order valence-electron chi connectivity index (χ2n) is 3.58. The zero-order valence-electron chi connectivity index (χ0n) is 7.75. The second kappa shape index (κ2) is 3.65. The summed E-state index contributed by atoms with van der Waals surface area (Å²) >= 11 is 0. The minimum absolute atomic E-state index is 0.0353. The highest BCUT2D eigenvalue weighted by Gasteiger charge is 2.49. The molecule has 1 aliphatic carbocycles. The third-order valence-corrected chi connectivity index (χ3v) is 2.50. The van der Waals surface area contributed by atoms with Crippen molar-refractivity contribution in [2.24, 2.45) is 0 Å². The Morgan fingerprint density at radius 3 is 2.50 bits per heavy atom. The molecule has 2 rings (SSSR count). The highest BCUT2D eigenvalue weighted by molar-refractivity contribution is 5.13. The van der Waals surface area contributed by atoms with E-state index in [0.717, 1.165) is 5.56 Å². The molecule has 0 aromatic heterocycles. The number of alkyl halides is 2. The topological polar surface area (TPSA) is 9.23 Å². The molecule has 0 aliphatic heterocycles. The molecular weight excluding hydrogens is 186 g/mol. The minimum atomic E-state index is -2.60. The van der Waals surface area contributed by atoms with Gasteiger partial charge in [0.15, 0.2) is 0 Å². The van der Waals surface area contributed by atoms with Crippen LogP contribution in [0.3, 0.4) is 0 Å². The Morgan fingerprint density at radius 2 is 2.00 bits per heavy atom. The first-order valence-corrected chi connectivity index (χ1v) is 4.72. The molecule has 1 aromatic carbocycles. The van der Waals surface area contributed by atoms with Gasteiger partial charge in [-0.25, -0.2) is 8.78 Å². The summed E-state index contributed by atoms with van der Waals surface area (Å²) in [4.78, 5) is 0. The van der Waals surface area contributed by atoms with Crippen LogP contribution in [0, 0.1) is 0 Å². The van der Waals surface area contributed by atoms with Crippen LogP contribution in [0.1, 0.15) is 18.4 Å². The van der Waals surface area contributed by atoms with Gasteiger partial charge in [0.1, 0.15) is 6.10 Å². The molecule has 3 heteroatoms. The third kappa shape index (κ3) is 1.93. The summed E-state index contributed by atoms with van der Waals surface area (Å²) in [5, 5.41) is 0. The summed E-state index contributed by atoms with van der Waals surface area (Å²) in [6, 6.07) is 9.38. The lowest BCUT2D eigenvalue weighted by Crippen LogP contribution is -2.45. The molecule has 0 amide bonds. The first kappa shape index (κ1) is 9.59. The Bertz CT molecular complexity index is 297. The van der Waals surface area contributed by atoms with Gasteiger partial charge in [-0.3, -0.25) is 0 Å². The quantitative estimate of drug-likeness (QED) is 0.725. The molecule has 0 saturated heterocycles. The van der Waals surface area contributed by atoms with E-state index in [1.165, 1.54) is 0 Å². The predicted molar refractivity (Wildman–Crippen MR) is 49.2 cm³/mol. The van der Waals surface area contributed by atoms with E-state index < -0.39 is 12.0 Å². The van der Waals surface area contributed by atoms with Crippen molar-refractivity contribution in [2.45, 2.75) is 31.5 Å². The van der Waals surface area contributed by atoms with E-state index in [1.54, 1.807) is 0 Å². The lowest BCUT2D eigenvalue weighted by Gasteiger charge is -2.35. The van der Waals surface area contributed by atoms with Gasteiger partial charge >= 0.3 is 0 Å². The van der Waals surface area contributed by atoms with E-state index in [1.807, 2.05) is 30.3 Å². The summed E-state index contributed by atoms with van der Waals surface area (Å²) in [6.45, 7) is 0.279. The molecular formula is C11H12F2O. The first-order chi connectivity index (χ1) is 6.68. The van der Waals surface area contributed by atoms with E-state index in [9.17, 15) is 8.78 Å². The van der Waals surface area contributed by atoms with Gasteiger partial charge in [0.25, 0.3) is 5.92 Å². The van der Waals surface area contributed by atoms with Crippen molar-refractivity contribution < 1.29 is 13.5 Å². The summed E-state index contributed by atoms with van der Waals surface area (Å²) in [5.41, 5.74) is 0.940. The number of hydrogen-bond acceptors (Lipinski definition) is 1. The predicted octanol–water partition coefficient (Wildman–Crippen LogP) is 3.00. The molecule has 1 fully saturated rings. The maximum absolute atomic E-state index is 12.8. The molecule has 1 saturated carbocycles. The van der Waals surface area contributed by atoms with Gasteiger partial charge in [0, 0.05) is 6.42 Å². The molecule has 1 atom stereocenters. The van der Waals surface area contributed by atoms with Crippen LogP contribution in [0.15, 0.2) is 30.3 Å². The fourth-order valence-electron chi connectivity index (χ4n) is 1.46. The molecule has 0 bridgehead atoms. The van der Waals surface area contributed by atoms with Crippen molar-refractivity contribution in [2.75, 3.05) is 0 Å². The van der Waals surface area contributed by atoms with Crippen molar-refractivity contribution in [3.8, 4) is 0 Å². The number of ether oxygens (including phenoxy) is 1. The highest BCUT2D eigenvalue weighted by Crippen LogP contribution is 2.40. The molecule has 14 heavy (non-hydrogen) atoms. The van der Waals surface area contributed by atoms with E-state index in [0.29, 0.717) is 6.42 Å². The summed E-state index contributed by atoms with van der Waals surface area (Å²) in [7, 11) is 0. The van der Waals surface area contributed by atoms with Crippen LogP contribution in [-0.2, 0) is 11.3 Å². The van der Waals surface area contributed by atoms with Gasteiger partial charge < -0.3 is 4.74 Å². The average Bonchev–Trinajstić information content (AvgIpc) is 2.18. The van der Waals surface area contributed by atoms with E-state index in [4.69, 9.17) is 4.74 Å². The van der Waals surface area contributed by atoms with Gasteiger partial charge in [0.05, 0.1) is 6.61 Å². The molecule has 0 radical (unpaired) electrons. The number of benzene rings is 1. The van der Waals surface area contributed by atoms with Crippen LogP contribution >= 0.6 is 0 Å². The van der Waals surface area contributed by atoms with E-state index in [2.05, 4.69) is 0 Å². The minimum Gasteiger partial charge on any atom is -0.367 e. The van der Waals surface area contributed by atoms with E-state index in [-0.39, 0.29) is 13.0 Å². The lowest BCUT2D eigenvalue weighted by molar-refractivity contribution is -0.204. The molecule has 1 aromatic rings. The van der Waals surface area contributed by atoms with Crippen molar-refractivity contribution >= 4 is 0 Å². The third-order valence-electron chi connectivity index (χ3n) is 2.50. The molecule has 0 N–H and O–H groups in total. The van der Waals surface area contributed by atoms with Crippen molar-refractivity contribution in [1.29, 1.82) is 0 Å². The SMILES string of the molecule is FC1(F)CCC1OCc1ccccc1. The zero-order chi connectivity index (χ0) is 10.0.